The molecule has 1 unspecified atom stereocenters. The highest BCUT2D eigenvalue weighted by Gasteiger charge is 2.20. The molecular weight excluding hydrogens is 232 g/mol. The van der Waals surface area contributed by atoms with Crippen molar-refractivity contribution >= 4 is 17.6 Å². The summed E-state index contributed by atoms with van der Waals surface area (Å²) < 4.78 is 0. The molecule has 1 fully saturated rings. The van der Waals surface area contributed by atoms with Crippen LogP contribution in [0.25, 0.3) is 0 Å². The maximum atomic E-state index is 11.9. The molecule has 1 amide bonds. The summed E-state index contributed by atoms with van der Waals surface area (Å²) >= 11 is 0. The zero-order valence-electron chi connectivity index (χ0n) is 9.98. The fraction of sp³-hybridized carbons (Fsp3) is 0.385. The molecule has 1 saturated heterocycles. The molecule has 1 heterocycles. The van der Waals surface area contributed by atoms with E-state index in [1.165, 1.54) is 12.1 Å². The molecule has 0 saturated carbocycles. The predicted molar refractivity (Wildman–Crippen MR) is 67.7 cm³/mol. The van der Waals surface area contributed by atoms with Gasteiger partial charge in [0, 0.05) is 5.69 Å². The quantitative estimate of drug-likeness (QED) is 0.756. The third kappa shape index (κ3) is 3.07. The van der Waals surface area contributed by atoms with E-state index in [2.05, 4.69) is 10.6 Å². The van der Waals surface area contributed by atoms with Gasteiger partial charge in [0.05, 0.1) is 11.6 Å². The normalized spacial score (nSPS) is 19.2. The number of amides is 1. The Morgan fingerprint density at radius 2 is 1.94 bits per heavy atom. The number of rotatable bonds is 3. The van der Waals surface area contributed by atoms with Gasteiger partial charge in [-0.1, -0.05) is 6.42 Å². The molecule has 18 heavy (non-hydrogen) atoms. The second-order valence-electron chi connectivity index (χ2n) is 4.37. The van der Waals surface area contributed by atoms with Crippen LogP contribution in [0.4, 0.5) is 5.69 Å². The standard InChI is InChI=1S/C13H16N2O3/c16-12(11-3-1-2-8-14-11)15-10-6-4-9(5-7-10)13(17)18/h4-7,11,14H,1-3,8H2,(H,15,16)(H,17,18). The van der Waals surface area contributed by atoms with Crippen molar-refractivity contribution in [3.05, 3.63) is 29.8 Å². The Labute approximate surface area is 105 Å². The van der Waals surface area contributed by atoms with Gasteiger partial charge in [0.2, 0.25) is 5.91 Å². The van der Waals surface area contributed by atoms with Crippen LogP contribution in [-0.4, -0.2) is 29.6 Å². The Morgan fingerprint density at radius 1 is 1.22 bits per heavy atom. The van der Waals surface area contributed by atoms with Crippen molar-refractivity contribution in [3.8, 4) is 0 Å². The van der Waals surface area contributed by atoms with Gasteiger partial charge in [0.15, 0.2) is 0 Å². The van der Waals surface area contributed by atoms with E-state index in [1.54, 1.807) is 12.1 Å². The lowest BCUT2D eigenvalue weighted by Gasteiger charge is -2.22. The monoisotopic (exact) mass is 248 g/mol. The summed E-state index contributed by atoms with van der Waals surface area (Å²) in [6.45, 7) is 0.871. The topological polar surface area (TPSA) is 78.4 Å². The third-order valence-corrected chi connectivity index (χ3v) is 3.03. The summed E-state index contributed by atoms with van der Waals surface area (Å²) in [6, 6.07) is 6.02. The zero-order valence-corrected chi connectivity index (χ0v) is 9.98. The number of hydrogen-bond acceptors (Lipinski definition) is 3. The van der Waals surface area contributed by atoms with Crippen LogP contribution in [0.5, 0.6) is 0 Å². The summed E-state index contributed by atoms with van der Waals surface area (Å²) in [5, 5.41) is 14.7. The van der Waals surface area contributed by atoms with E-state index in [-0.39, 0.29) is 17.5 Å². The fourth-order valence-corrected chi connectivity index (χ4v) is 2.00. The molecule has 0 bridgehead atoms. The van der Waals surface area contributed by atoms with E-state index in [1.807, 2.05) is 0 Å². The van der Waals surface area contributed by atoms with Crippen LogP contribution in [0.3, 0.4) is 0 Å². The molecule has 1 aromatic rings. The Morgan fingerprint density at radius 3 is 2.50 bits per heavy atom. The molecule has 0 aromatic heterocycles. The Hall–Kier alpha value is -1.88. The first kappa shape index (κ1) is 12.6. The van der Waals surface area contributed by atoms with Gasteiger partial charge >= 0.3 is 5.97 Å². The molecule has 5 nitrogen and oxygen atoms in total. The van der Waals surface area contributed by atoms with Gasteiger partial charge < -0.3 is 15.7 Å². The molecule has 96 valence electrons. The number of hydrogen-bond donors (Lipinski definition) is 3. The maximum absolute atomic E-state index is 11.9. The van der Waals surface area contributed by atoms with Gasteiger partial charge in [-0.2, -0.15) is 0 Å². The lowest BCUT2D eigenvalue weighted by Crippen LogP contribution is -2.43. The molecule has 1 aliphatic heterocycles. The Kier molecular flexibility index (Phi) is 3.94. The number of benzene rings is 1. The largest absolute Gasteiger partial charge is 0.478 e. The van der Waals surface area contributed by atoms with Gasteiger partial charge in [0.25, 0.3) is 0 Å². The molecule has 3 N–H and O–H groups in total. The van der Waals surface area contributed by atoms with Crippen molar-refractivity contribution in [2.75, 3.05) is 11.9 Å². The maximum Gasteiger partial charge on any atom is 0.335 e. The number of anilines is 1. The van der Waals surface area contributed by atoms with Crippen molar-refractivity contribution in [1.82, 2.24) is 5.32 Å². The van der Waals surface area contributed by atoms with Crippen LogP contribution >= 0.6 is 0 Å². The molecule has 1 aliphatic rings. The summed E-state index contributed by atoms with van der Waals surface area (Å²) in [5.41, 5.74) is 0.834. The summed E-state index contributed by atoms with van der Waals surface area (Å²) in [6.07, 6.45) is 3.01. The second-order valence-corrected chi connectivity index (χ2v) is 4.37. The van der Waals surface area contributed by atoms with Crippen LogP contribution in [0.15, 0.2) is 24.3 Å². The Bertz CT molecular complexity index is 436. The lowest BCUT2D eigenvalue weighted by atomic mass is 10.0. The van der Waals surface area contributed by atoms with E-state index in [4.69, 9.17) is 5.11 Å². The van der Waals surface area contributed by atoms with Crippen LogP contribution in [0.1, 0.15) is 29.6 Å². The van der Waals surface area contributed by atoms with Crippen molar-refractivity contribution in [2.45, 2.75) is 25.3 Å². The van der Waals surface area contributed by atoms with E-state index in [9.17, 15) is 9.59 Å². The van der Waals surface area contributed by atoms with Gasteiger partial charge in [0.1, 0.15) is 0 Å². The first-order valence-electron chi connectivity index (χ1n) is 6.04. The Balaban J connectivity index is 1.96. The third-order valence-electron chi connectivity index (χ3n) is 3.03. The molecule has 1 aromatic carbocycles. The number of nitrogens with one attached hydrogen (secondary N) is 2. The highest BCUT2D eigenvalue weighted by atomic mass is 16.4. The summed E-state index contributed by atoms with van der Waals surface area (Å²) in [5.74, 6) is -1.03. The number of carboxylic acids is 1. The van der Waals surface area contributed by atoms with E-state index in [0.29, 0.717) is 5.69 Å². The van der Waals surface area contributed by atoms with E-state index in [0.717, 1.165) is 25.8 Å². The molecule has 0 spiro atoms. The first-order chi connectivity index (χ1) is 8.66. The van der Waals surface area contributed by atoms with Crippen LogP contribution in [0.2, 0.25) is 0 Å². The van der Waals surface area contributed by atoms with Gasteiger partial charge in [-0.25, -0.2) is 4.79 Å². The van der Waals surface area contributed by atoms with Crippen molar-refractivity contribution in [2.24, 2.45) is 0 Å². The average Bonchev–Trinajstić information content (AvgIpc) is 2.40. The van der Waals surface area contributed by atoms with Crippen LogP contribution in [-0.2, 0) is 4.79 Å². The number of carbonyl (C=O) groups is 2. The summed E-state index contributed by atoms with van der Waals surface area (Å²) in [4.78, 5) is 22.6. The first-order valence-corrected chi connectivity index (χ1v) is 6.04. The number of aromatic carboxylic acids is 1. The predicted octanol–water partition coefficient (Wildman–Crippen LogP) is 1.47. The van der Waals surface area contributed by atoms with Crippen molar-refractivity contribution in [3.63, 3.8) is 0 Å². The molecule has 0 radical (unpaired) electrons. The lowest BCUT2D eigenvalue weighted by molar-refractivity contribution is -0.118. The minimum Gasteiger partial charge on any atom is -0.478 e. The average molecular weight is 248 g/mol. The smallest absolute Gasteiger partial charge is 0.335 e. The van der Waals surface area contributed by atoms with Gasteiger partial charge in [-0.3, -0.25) is 4.79 Å². The second kappa shape index (κ2) is 5.64. The minimum atomic E-state index is -0.971. The van der Waals surface area contributed by atoms with Gasteiger partial charge in [-0.05, 0) is 43.7 Å². The molecular formula is C13H16N2O3. The molecule has 0 aliphatic carbocycles. The van der Waals surface area contributed by atoms with Crippen LogP contribution < -0.4 is 10.6 Å². The number of carboxylic acid groups (broad SMARTS) is 1. The van der Waals surface area contributed by atoms with E-state index >= 15 is 0 Å². The zero-order chi connectivity index (χ0) is 13.0. The SMILES string of the molecule is O=C(O)c1ccc(NC(=O)C2CCCCN2)cc1. The van der Waals surface area contributed by atoms with Crippen molar-refractivity contribution < 1.29 is 14.7 Å². The molecule has 5 heteroatoms. The number of carbonyl (C=O) groups excluding carboxylic acids is 1. The van der Waals surface area contributed by atoms with Crippen molar-refractivity contribution in [1.29, 1.82) is 0 Å². The number of piperidine rings is 1. The van der Waals surface area contributed by atoms with E-state index < -0.39 is 5.97 Å². The fourth-order valence-electron chi connectivity index (χ4n) is 2.00. The molecule has 2 rings (SSSR count). The highest BCUT2D eigenvalue weighted by molar-refractivity contribution is 5.95. The molecule has 1 atom stereocenters. The van der Waals surface area contributed by atoms with Gasteiger partial charge in [-0.15, -0.1) is 0 Å². The summed E-state index contributed by atoms with van der Waals surface area (Å²) in [7, 11) is 0. The minimum absolute atomic E-state index is 0.0576. The highest BCUT2D eigenvalue weighted by Crippen LogP contribution is 2.12. The van der Waals surface area contributed by atoms with Crippen LogP contribution in [0, 0.1) is 0 Å².